The van der Waals surface area contributed by atoms with E-state index < -0.39 is 0 Å². The molecule has 5 rings (SSSR count). The van der Waals surface area contributed by atoms with Crippen molar-refractivity contribution in [2.24, 2.45) is 7.05 Å². The molecular weight excluding hydrogens is 500 g/mol. The molecule has 3 heterocycles. The van der Waals surface area contributed by atoms with E-state index >= 15 is 0 Å². The second-order valence-corrected chi connectivity index (χ2v) is 10.6. The van der Waals surface area contributed by atoms with Gasteiger partial charge < -0.3 is 15.8 Å². The summed E-state index contributed by atoms with van der Waals surface area (Å²) in [6.45, 7) is 7.14. The molecular formula is C32H38N6O2. The predicted molar refractivity (Wildman–Crippen MR) is 158 cm³/mol. The Labute approximate surface area is 236 Å². The van der Waals surface area contributed by atoms with Gasteiger partial charge in [0.15, 0.2) is 0 Å². The van der Waals surface area contributed by atoms with Crippen molar-refractivity contribution in [2.45, 2.75) is 45.4 Å². The first-order valence-electron chi connectivity index (χ1n) is 13.9. The van der Waals surface area contributed by atoms with Crippen LogP contribution in [0.5, 0.6) is 0 Å². The summed E-state index contributed by atoms with van der Waals surface area (Å²) in [6.07, 6.45) is 7.08. The van der Waals surface area contributed by atoms with E-state index in [1.165, 1.54) is 16.7 Å². The molecule has 8 nitrogen and oxygen atoms in total. The molecule has 0 saturated carbocycles. The highest BCUT2D eigenvalue weighted by Gasteiger charge is 2.35. The van der Waals surface area contributed by atoms with Crippen LogP contribution in [0.1, 0.15) is 39.5 Å². The summed E-state index contributed by atoms with van der Waals surface area (Å²) in [7, 11) is 1.85. The average Bonchev–Trinajstić information content (AvgIpc) is 3.57. The van der Waals surface area contributed by atoms with Gasteiger partial charge >= 0.3 is 0 Å². The lowest BCUT2D eigenvalue weighted by atomic mass is 10.0. The van der Waals surface area contributed by atoms with Gasteiger partial charge in [0.05, 0.1) is 30.5 Å². The minimum Gasteiger partial charge on any atom is -0.383 e. The lowest BCUT2D eigenvalue weighted by molar-refractivity contribution is 0.0314. The fraction of sp³-hybridized carbons (Fsp3) is 0.344. The highest BCUT2D eigenvalue weighted by atomic mass is 16.5. The monoisotopic (exact) mass is 538 g/mol. The van der Waals surface area contributed by atoms with Gasteiger partial charge in [-0.2, -0.15) is 5.10 Å². The normalized spacial score (nSPS) is 17.3. The van der Waals surface area contributed by atoms with E-state index in [9.17, 15) is 4.79 Å². The quantitative estimate of drug-likeness (QED) is 0.314. The number of benzene rings is 2. The number of hydrogen-bond acceptors (Lipinski definition) is 6. The lowest BCUT2D eigenvalue weighted by Crippen LogP contribution is -2.44. The first kappa shape index (κ1) is 27.6. The molecule has 0 spiro atoms. The first-order valence-corrected chi connectivity index (χ1v) is 13.9. The lowest BCUT2D eigenvalue weighted by Gasteiger charge is -2.21. The first-order chi connectivity index (χ1) is 19.4. The second-order valence-electron chi connectivity index (χ2n) is 10.6. The maximum atomic E-state index is 13.5. The number of aryl methyl sites for hydroxylation is 3. The van der Waals surface area contributed by atoms with Gasteiger partial charge in [-0.1, -0.05) is 55.5 Å². The number of nitrogens with two attached hydrogens (primary N) is 1. The molecule has 40 heavy (non-hydrogen) atoms. The van der Waals surface area contributed by atoms with E-state index in [-0.39, 0.29) is 23.9 Å². The van der Waals surface area contributed by atoms with Gasteiger partial charge in [0, 0.05) is 50.2 Å². The smallest absolute Gasteiger partial charge is 0.255 e. The molecule has 3 N–H and O–H groups in total. The maximum Gasteiger partial charge on any atom is 0.255 e. The van der Waals surface area contributed by atoms with E-state index in [0.29, 0.717) is 18.7 Å². The average molecular weight is 539 g/mol. The molecule has 1 aliphatic heterocycles. The number of carbonyl (C=O) groups excluding carboxylic acids is 1. The molecule has 1 saturated heterocycles. The third kappa shape index (κ3) is 6.58. The molecule has 1 fully saturated rings. The van der Waals surface area contributed by atoms with Gasteiger partial charge in [-0.25, -0.2) is 4.98 Å². The van der Waals surface area contributed by atoms with Crippen molar-refractivity contribution in [3.05, 3.63) is 101 Å². The molecule has 0 bridgehead atoms. The van der Waals surface area contributed by atoms with E-state index in [1.54, 1.807) is 23.1 Å². The van der Waals surface area contributed by atoms with Crippen LogP contribution in [-0.2, 0) is 31.2 Å². The number of nitrogens with one attached hydrogen (secondary N) is 1. The van der Waals surface area contributed by atoms with Crippen LogP contribution in [0.3, 0.4) is 0 Å². The van der Waals surface area contributed by atoms with Gasteiger partial charge in [-0.3, -0.25) is 14.4 Å². The van der Waals surface area contributed by atoms with Crippen molar-refractivity contribution in [3.8, 4) is 11.1 Å². The number of carbonyl (C=O) groups is 1. The zero-order valence-corrected chi connectivity index (χ0v) is 23.5. The number of nitrogen functional groups attached to an aromatic ring is 1. The van der Waals surface area contributed by atoms with E-state index in [2.05, 4.69) is 76.6 Å². The van der Waals surface area contributed by atoms with Crippen molar-refractivity contribution < 1.29 is 9.53 Å². The summed E-state index contributed by atoms with van der Waals surface area (Å²) in [4.78, 5) is 20.2. The Hall–Kier alpha value is -4.01. The fourth-order valence-electron chi connectivity index (χ4n) is 5.30. The Balaban J connectivity index is 1.31. The van der Waals surface area contributed by atoms with Crippen LogP contribution in [0.25, 0.3) is 11.1 Å². The van der Waals surface area contributed by atoms with E-state index in [1.807, 2.05) is 19.3 Å². The van der Waals surface area contributed by atoms with Crippen LogP contribution in [0, 0.1) is 6.92 Å². The summed E-state index contributed by atoms with van der Waals surface area (Å²) in [5.74, 6) is -0.0452. The maximum absolute atomic E-state index is 13.5. The Morgan fingerprint density at radius 1 is 1.07 bits per heavy atom. The largest absolute Gasteiger partial charge is 0.383 e. The Kier molecular flexibility index (Phi) is 8.57. The minimum atomic E-state index is -0.247. The Morgan fingerprint density at radius 3 is 2.65 bits per heavy atom. The molecule has 0 unspecified atom stereocenters. The van der Waals surface area contributed by atoms with E-state index in [0.717, 1.165) is 42.6 Å². The molecule has 1 aliphatic rings. The molecule has 1 amide bonds. The molecule has 2 aromatic heterocycles. The van der Waals surface area contributed by atoms with Crippen molar-refractivity contribution in [3.63, 3.8) is 0 Å². The summed E-state index contributed by atoms with van der Waals surface area (Å²) < 4.78 is 8.19. The third-order valence-electron chi connectivity index (χ3n) is 7.68. The van der Waals surface area contributed by atoms with Crippen molar-refractivity contribution in [1.29, 1.82) is 0 Å². The molecule has 208 valence electrons. The van der Waals surface area contributed by atoms with Crippen molar-refractivity contribution in [2.75, 3.05) is 25.4 Å². The number of nitrogens with zero attached hydrogens (tertiary/aromatic N) is 4. The van der Waals surface area contributed by atoms with Crippen LogP contribution in [0.4, 0.5) is 5.82 Å². The second kappa shape index (κ2) is 12.4. The number of pyridine rings is 1. The highest BCUT2D eigenvalue weighted by Crippen LogP contribution is 2.23. The fourth-order valence-corrected chi connectivity index (χ4v) is 5.30. The molecule has 0 radical (unpaired) electrons. The van der Waals surface area contributed by atoms with Gasteiger partial charge in [0.2, 0.25) is 0 Å². The molecule has 0 aliphatic carbocycles. The van der Waals surface area contributed by atoms with Gasteiger partial charge in [-0.15, -0.1) is 0 Å². The minimum absolute atomic E-state index is 0.151. The van der Waals surface area contributed by atoms with E-state index in [4.69, 9.17) is 10.5 Å². The van der Waals surface area contributed by atoms with Gasteiger partial charge in [-0.05, 0) is 48.1 Å². The molecule has 2 atom stereocenters. The van der Waals surface area contributed by atoms with Crippen LogP contribution in [0.15, 0.2) is 73.2 Å². The number of amides is 1. The van der Waals surface area contributed by atoms with Crippen LogP contribution in [-0.4, -0.2) is 57.4 Å². The van der Waals surface area contributed by atoms with Crippen molar-refractivity contribution in [1.82, 2.24) is 25.0 Å². The zero-order valence-electron chi connectivity index (χ0n) is 23.5. The van der Waals surface area contributed by atoms with Crippen molar-refractivity contribution >= 4 is 11.7 Å². The standard InChI is InChI=1S/C32H38N6O2/c1-4-25-14-24(11-10-22(25)2)21-40-30-20-38(13-12-23-8-6-5-7-9-23)19-29(30)36-32(39)28-15-26(16-34-31(28)33)27-17-35-37(3)18-27/h5-11,14-18,29-30H,4,12-13,19-21H2,1-3H3,(H2,33,34)(H,36,39)/t29-,30-/m0/s1. The molecule has 4 aromatic rings. The third-order valence-corrected chi connectivity index (χ3v) is 7.68. The zero-order chi connectivity index (χ0) is 28.1. The predicted octanol–water partition coefficient (Wildman–Crippen LogP) is 4.18. The highest BCUT2D eigenvalue weighted by molar-refractivity contribution is 5.99. The number of hydrogen-bond donors (Lipinski definition) is 2. The van der Waals surface area contributed by atoms with Crippen LogP contribution < -0.4 is 11.1 Å². The molecule has 2 aromatic carbocycles. The number of likely N-dealkylation sites (tertiary alicyclic amines) is 1. The van der Waals surface area contributed by atoms with Crippen LogP contribution in [0.2, 0.25) is 0 Å². The number of rotatable bonds is 10. The SMILES string of the molecule is CCc1cc(CO[C@H]2CN(CCc3ccccc3)C[C@@H]2NC(=O)c2cc(-c3cnn(C)c3)cnc2N)ccc1C. The summed E-state index contributed by atoms with van der Waals surface area (Å²) in [5, 5.41) is 7.45. The van der Waals surface area contributed by atoms with Gasteiger partial charge in [0.1, 0.15) is 5.82 Å². The topological polar surface area (TPSA) is 98.3 Å². The Bertz CT molecular complexity index is 1450. The number of ether oxygens (including phenoxy) is 1. The number of aromatic nitrogens is 3. The van der Waals surface area contributed by atoms with Crippen LogP contribution >= 0.6 is 0 Å². The summed E-state index contributed by atoms with van der Waals surface area (Å²) >= 11 is 0. The summed E-state index contributed by atoms with van der Waals surface area (Å²) in [5.41, 5.74) is 13.3. The molecule has 8 heteroatoms. The summed E-state index contributed by atoms with van der Waals surface area (Å²) in [6, 6.07) is 18.6. The Morgan fingerprint density at radius 2 is 1.90 bits per heavy atom. The van der Waals surface area contributed by atoms with Gasteiger partial charge in [0.25, 0.3) is 5.91 Å². The number of anilines is 1.